The second-order valence-corrected chi connectivity index (χ2v) is 7.29. The van der Waals surface area contributed by atoms with Gasteiger partial charge in [-0.2, -0.15) is 0 Å². The number of aliphatic hydroxyl groups excluding tert-OH is 1. The quantitative estimate of drug-likeness (QED) is 0.672. The van der Waals surface area contributed by atoms with Gasteiger partial charge in [-0.1, -0.05) is 12.5 Å². The van der Waals surface area contributed by atoms with E-state index in [1.165, 1.54) is 6.42 Å². The maximum Gasteiger partial charge on any atom is 0.319 e. The van der Waals surface area contributed by atoms with Crippen LogP contribution in [0.4, 0.5) is 10.5 Å². The molecule has 4 N–H and O–H groups in total. The molecule has 2 atom stereocenters. The van der Waals surface area contributed by atoms with E-state index in [9.17, 15) is 9.90 Å². The zero-order valence-corrected chi connectivity index (χ0v) is 14.8. The van der Waals surface area contributed by atoms with Crippen molar-refractivity contribution >= 4 is 22.6 Å². The lowest BCUT2D eigenvalue weighted by Crippen LogP contribution is -2.68. The average Bonchev–Trinajstić information content (AvgIpc) is 3.16. The molecule has 1 aromatic heterocycles. The number of anilines is 1. The van der Waals surface area contributed by atoms with Crippen LogP contribution in [0.3, 0.4) is 0 Å². The zero-order chi connectivity index (χ0) is 18.0. The first-order valence-corrected chi connectivity index (χ1v) is 9.28. The number of piperidine rings is 1. The number of urea groups is 1. The predicted octanol–water partition coefficient (Wildman–Crippen LogP) is 1.91. The molecule has 4 rings (SSSR count). The normalized spacial score (nSPS) is 26.4. The highest BCUT2D eigenvalue weighted by atomic mass is 16.5. The van der Waals surface area contributed by atoms with E-state index in [4.69, 9.17) is 4.74 Å². The average molecular weight is 358 g/mol. The third-order valence-corrected chi connectivity index (χ3v) is 5.63. The number of hydrogen-bond acceptors (Lipinski definition) is 4. The van der Waals surface area contributed by atoms with Crippen molar-refractivity contribution < 1.29 is 14.6 Å². The van der Waals surface area contributed by atoms with E-state index in [-0.39, 0.29) is 12.6 Å². The van der Waals surface area contributed by atoms with Gasteiger partial charge in [0, 0.05) is 29.7 Å². The van der Waals surface area contributed by atoms with Crippen molar-refractivity contribution in [2.24, 2.45) is 0 Å². The summed E-state index contributed by atoms with van der Waals surface area (Å²) in [5, 5.41) is 16.9. The Kier molecular flexibility index (Phi) is 4.84. The van der Waals surface area contributed by atoms with Crippen molar-refractivity contribution in [3.8, 4) is 0 Å². The highest BCUT2D eigenvalue weighted by molar-refractivity contribution is 6.00. The molecule has 2 unspecified atom stereocenters. The Morgan fingerprint density at radius 1 is 1.38 bits per heavy atom. The molecule has 2 saturated heterocycles. The summed E-state index contributed by atoms with van der Waals surface area (Å²) < 4.78 is 5.77. The molecular formula is C19H26N4O3. The number of aliphatic hydroxyl groups is 1. The van der Waals surface area contributed by atoms with Gasteiger partial charge in [0.25, 0.3) is 0 Å². The number of H-pyrrole nitrogens is 1. The number of nitrogens with one attached hydrogen (secondary N) is 3. The number of aromatic amines is 1. The molecule has 2 fully saturated rings. The first-order valence-electron chi connectivity index (χ1n) is 9.28. The number of ether oxygens (including phenoxy) is 1. The minimum atomic E-state index is -0.541. The molecule has 0 radical (unpaired) electrons. The minimum absolute atomic E-state index is 0.0306. The molecule has 2 aliphatic heterocycles. The fourth-order valence-electron chi connectivity index (χ4n) is 4.22. The highest BCUT2D eigenvalue weighted by Crippen LogP contribution is 2.30. The van der Waals surface area contributed by atoms with Gasteiger partial charge in [-0.3, -0.25) is 4.90 Å². The fraction of sp³-hybridized carbons (Fsp3) is 0.526. The highest BCUT2D eigenvalue weighted by Gasteiger charge is 2.44. The number of carbonyl (C=O) groups excluding carboxylic acids is 1. The van der Waals surface area contributed by atoms with Crippen molar-refractivity contribution in [2.75, 3.05) is 38.2 Å². The van der Waals surface area contributed by atoms with Crippen LogP contribution in [-0.2, 0) is 4.74 Å². The molecule has 0 bridgehead atoms. The van der Waals surface area contributed by atoms with Crippen molar-refractivity contribution in [1.29, 1.82) is 0 Å². The Balaban J connectivity index is 1.43. The summed E-state index contributed by atoms with van der Waals surface area (Å²) in [5.41, 5.74) is 1.20. The molecule has 7 nitrogen and oxygen atoms in total. The molecule has 1 aromatic carbocycles. The number of nitrogens with zero attached hydrogens (tertiary/aromatic N) is 1. The van der Waals surface area contributed by atoms with Crippen LogP contribution in [0.25, 0.3) is 10.9 Å². The monoisotopic (exact) mass is 358 g/mol. The minimum Gasteiger partial charge on any atom is -0.394 e. The van der Waals surface area contributed by atoms with Crippen LogP contribution in [0.15, 0.2) is 30.5 Å². The number of carbonyl (C=O) groups is 1. The van der Waals surface area contributed by atoms with Crippen LogP contribution in [-0.4, -0.2) is 65.5 Å². The van der Waals surface area contributed by atoms with E-state index in [0.717, 1.165) is 36.0 Å². The van der Waals surface area contributed by atoms with Gasteiger partial charge >= 0.3 is 6.03 Å². The van der Waals surface area contributed by atoms with E-state index in [1.807, 2.05) is 30.5 Å². The van der Waals surface area contributed by atoms with Crippen molar-refractivity contribution in [2.45, 2.75) is 30.8 Å². The van der Waals surface area contributed by atoms with E-state index in [1.54, 1.807) is 0 Å². The van der Waals surface area contributed by atoms with Crippen LogP contribution in [0, 0.1) is 0 Å². The molecular weight excluding hydrogens is 332 g/mol. The van der Waals surface area contributed by atoms with Crippen LogP contribution in [0.2, 0.25) is 0 Å². The van der Waals surface area contributed by atoms with E-state index in [2.05, 4.69) is 20.5 Å². The zero-order valence-electron chi connectivity index (χ0n) is 14.8. The van der Waals surface area contributed by atoms with Gasteiger partial charge in [-0.15, -0.1) is 0 Å². The van der Waals surface area contributed by atoms with Crippen molar-refractivity contribution in [1.82, 2.24) is 15.2 Å². The summed E-state index contributed by atoms with van der Waals surface area (Å²) in [5.74, 6) is 0. The summed E-state index contributed by atoms with van der Waals surface area (Å²) in [7, 11) is 0. The van der Waals surface area contributed by atoms with Crippen LogP contribution < -0.4 is 10.6 Å². The van der Waals surface area contributed by atoms with Gasteiger partial charge in [0.05, 0.1) is 31.0 Å². The number of fused-ring (bicyclic) bond motifs is 2. The third kappa shape index (κ3) is 3.18. The molecule has 0 saturated carbocycles. The number of morpholine rings is 1. The summed E-state index contributed by atoms with van der Waals surface area (Å²) in [4.78, 5) is 17.9. The van der Waals surface area contributed by atoms with Crippen LogP contribution in [0.5, 0.6) is 0 Å². The number of hydrogen-bond donors (Lipinski definition) is 4. The second kappa shape index (κ2) is 7.26. The van der Waals surface area contributed by atoms with Gasteiger partial charge in [0.1, 0.15) is 0 Å². The van der Waals surface area contributed by atoms with Gasteiger partial charge < -0.3 is 25.5 Å². The molecule has 2 aliphatic rings. The van der Waals surface area contributed by atoms with Gasteiger partial charge in [-0.25, -0.2) is 4.79 Å². The maximum absolute atomic E-state index is 12.5. The van der Waals surface area contributed by atoms with Crippen molar-refractivity contribution in [3.63, 3.8) is 0 Å². The molecule has 2 amide bonds. The van der Waals surface area contributed by atoms with Gasteiger partial charge in [0.2, 0.25) is 0 Å². The molecule has 7 heteroatoms. The lowest BCUT2D eigenvalue weighted by atomic mass is 9.89. The van der Waals surface area contributed by atoms with Crippen LogP contribution >= 0.6 is 0 Å². The van der Waals surface area contributed by atoms with E-state index >= 15 is 0 Å². The Bertz CT molecular complexity index is 775. The van der Waals surface area contributed by atoms with Crippen molar-refractivity contribution in [3.05, 3.63) is 30.5 Å². The number of benzene rings is 1. The molecule has 140 valence electrons. The smallest absolute Gasteiger partial charge is 0.319 e. The Hall–Kier alpha value is -2.09. The first-order chi connectivity index (χ1) is 12.7. The van der Waals surface area contributed by atoms with E-state index in [0.29, 0.717) is 25.8 Å². The summed E-state index contributed by atoms with van der Waals surface area (Å²) >= 11 is 0. The maximum atomic E-state index is 12.5. The molecule has 2 aromatic rings. The predicted molar refractivity (Wildman–Crippen MR) is 100 cm³/mol. The topological polar surface area (TPSA) is 89.6 Å². The standard InChI is InChI=1S/C19H26N4O3/c24-12-19(13-26-10-14-4-1-2-9-23(14)19)11-21-18(25)22-17-6-3-5-16-15(17)7-8-20-16/h3,5-8,14,20,24H,1-2,4,9-13H2,(H2,21,22,25). The lowest BCUT2D eigenvalue weighted by molar-refractivity contribution is -0.132. The number of rotatable bonds is 4. The lowest BCUT2D eigenvalue weighted by Gasteiger charge is -2.52. The molecule has 0 aliphatic carbocycles. The molecule has 26 heavy (non-hydrogen) atoms. The molecule has 3 heterocycles. The summed E-state index contributed by atoms with van der Waals surface area (Å²) in [6, 6.07) is 7.75. The van der Waals surface area contributed by atoms with Crippen LogP contribution in [0.1, 0.15) is 19.3 Å². The Labute approximate surface area is 152 Å². The summed E-state index contributed by atoms with van der Waals surface area (Å²) in [6.45, 7) is 2.42. The SMILES string of the molecule is O=C(NCC1(CO)COCC2CCCCN21)Nc1cccc2[nH]ccc12. The first kappa shape index (κ1) is 17.3. The second-order valence-electron chi connectivity index (χ2n) is 7.29. The number of amides is 2. The number of aromatic nitrogens is 1. The van der Waals surface area contributed by atoms with Gasteiger partial charge in [0.15, 0.2) is 0 Å². The Morgan fingerprint density at radius 3 is 3.19 bits per heavy atom. The fourth-order valence-corrected chi connectivity index (χ4v) is 4.22. The largest absolute Gasteiger partial charge is 0.394 e. The van der Waals surface area contributed by atoms with Gasteiger partial charge in [-0.05, 0) is 37.6 Å². The van der Waals surface area contributed by atoms with E-state index < -0.39 is 5.54 Å². The third-order valence-electron chi connectivity index (χ3n) is 5.63. The molecule has 0 spiro atoms. The summed E-state index contributed by atoms with van der Waals surface area (Å²) in [6.07, 6.45) is 5.26. The Morgan fingerprint density at radius 2 is 2.31 bits per heavy atom.